The van der Waals surface area contributed by atoms with Gasteiger partial charge < -0.3 is 15.0 Å². The minimum absolute atomic E-state index is 0.0182. The largest absolute Gasteiger partial charge is 0.481 e. The second kappa shape index (κ2) is 5.69. The Morgan fingerprint density at radius 3 is 2.68 bits per heavy atom. The number of carbonyl (C=O) groups excluding carboxylic acids is 1. The topological polar surface area (TPSA) is 134 Å². The summed E-state index contributed by atoms with van der Waals surface area (Å²) < 4.78 is 0. The van der Waals surface area contributed by atoms with Crippen LogP contribution in [0, 0.1) is 15.5 Å². The van der Waals surface area contributed by atoms with Crippen molar-refractivity contribution in [3.05, 3.63) is 50.3 Å². The van der Waals surface area contributed by atoms with E-state index >= 15 is 0 Å². The summed E-state index contributed by atoms with van der Waals surface area (Å²) in [5.41, 5.74) is -1.42. The number of nitro groups is 1. The summed E-state index contributed by atoms with van der Waals surface area (Å²) in [5, 5.41) is 20.5. The quantitative estimate of drug-likeness (QED) is 0.637. The average Bonchev–Trinajstić information content (AvgIpc) is 2.96. The second-order valence-corrected chi connectivity index (χ2v) is 6.38. The maximum Gasteiger partial charge on any atom is 0.311 e. The van der Waals surface area contributed by atoms with Crippen molar-refractivity contribution in [3.8, 4) is 0 Å². The highest BCUT2D eigenvalue weighted by atomic mass is 16.6. The van der Waals surface area contributed by atoms with Crippen molar-refractivity contribution in [1.82, 2.24) is 9.88 Å². The van der Waals surface area contributed by atoms with Crippen LogP contribution in [0.5, 0.6) is 0 Å². The molecule has 0 radical (unpaired) electrons. The Bertz CT molecular complexity index is 966. The van der Waals surface area contributed by atoms with E-state index in [1.807, 2.05) is 0 Å². The lowest BCUT2D eigenvalue weighted by Gasteiger charge is -2.20. The highest BCUT2D eigenvalue weighted by Crippen LogP contribution is 2.32. The molecule has 9 nitrogen and oxygen atoms in total. The van der Waals surface area contributed by atoms with E-state index in [1.54, 1.807) is 6.92 Å². The number of aromatic nitrogens is 1. The molecule has 1 amide bonds. The van der Waals surface area contributed by atoms with Gasteiger partial charge in [0.25, 0.3) is 11.6 Å². The maximum absolute atomic E-state index is 12.8. The summed E-state index contributed by atoms with van der Waals surface area (Å²) >= 11 is 0. The minimum atomic E-state index is -1.04. The van der Waals surface area contributed by atoms with E-state index in [4.69, 9.17) is 0 Å². The summed E-state index contributed by atoms with van der Waals surface area (Å²) in [5.74, 6) is -1.50. The number of amides is 1. The predicted molar refractivity (Wildman–Crippen MR) is 87.5 cm³/mol. The van der Waals surface area contributed by atoms with Crippen molar-refractivity contribution in [2.75, 3.05) is 13.1 Å². The van der Waals surface area contributed by atoms with Crippen molar-refractivity contribution >= 4 is 28.5 Å². The van der Waals surface area contributed by atoms with Crippen LogP contribution in [0.1, 0.15) is 23.7 Å². The van der Waals surface area contributed by atoms with Gasteiger partial charge >= 0.3 is 5.97 Å². The van der Waals surface area contributed by atoms with Crippen LogP contribution in [0.4, 0.5) is 5.69 Å². The molecule has 0 saturated carbocycles. The molecule has 0 spiro atoms. The van der Waals surface area contributed by atoms with Crippen LogP contribution in [0.3, 0.4) is 0 Å². The number of carbonyl (C=O) groups is 2. The van der Waals surface area contributed by atoms with E-state index in [2.05, 4.69) is 4.98 Å². The van der Waals surface area contributed by atoms with E-state index in [0.29, 0.717) is 11.9 Å². The van der Waals surface area contributed by atoms with Gasteiger partial charge in [0.2, 0.25) is 5.56 Å². The van der Waals surface area contributed by atoms with Gasteiger partial charge in [-0.2, -0.15) is 0 Å². The summed E-state index contributed by atoms with van der Waals surface area (Å²) in [6.07, 6.45) is 0.301. The van der Waals surface area contributed by atoms with E-state index < -0.39 is 27.8 Å². The van der Waals surface area contributed by atoms with Crippen LogP contribution in [-0.2, 0) is 4.79 Å². The molecule has 0 bridgehead atoms. The lowest BCUT2D eigenvalue weighted by atomic mass is 9.90. The number of hydrogen-bond acceptors (Lipinski definition) is 5. The van der Waals surface area contributed by atoms with Crippen LogP contribution >= 0.6 is 0 Å². The number of aliphatic carboxylic acids is 1. The molecule has 25 heavy (non-hydrogen) atoms. The van der Waals surface area contributed by atoms with Crippen LogP contribution in [-0.4, -0.2) is 44.9 Å². The highest BCUT2D eigenvalue weighted by molar-refractivity contribution is 6.06. The first-order valence-electron chi connectivity index (χ1n) is 7.55. The van der Waals surface area contributed by atoms with Gasteiger partial charge in [-0.15, -0.1) is 0 Å². The Morgan fingerprint density at radius 1 is 1.36 bits per heavy atom. The number of carboxylic acid groups (broad SMARTS) is 1. The number of likely N-dealkylation sites (tertiary alicyclic amines) is 1. The minimum Gasteiger partial charge on any atom is -0.481 e. The Hall–Kier alpha value is -3.23. The number of non-ortho nitro benzene ring substituents is 1. The number of H-pyrrole nitrogens is 1. The zero-order chi connectivity index (χ0) is 18.4. The molecule has 2 aromatic rings. The van der Waals surface area contributed by atoms with E-state index in [9.17, 15) is 29.6 Å². The van der Waals surface area contributed by atoms with E-state index in [-0.39, 0.29) is 29.7 Å². The summed E-state index contributed by atoms with van der Waals surface area (Å²) in [6.45, 7) is 1.82. The first-order valence-corrected chi connectivity index (χ1v) is 7.55. The fourth-order valence-electron chi connectivity index (χ4n) is 3.01. The van der Waals surface area contributed by atoms with Gasteiger partial charge in [-0.3, -0.25) is 24.5 Å². The standard InChI is InChI=1S/C16H15N3O6/c1-16(15(22)23)4-5-18(8-16)14(21)11-7-13(20)17-12-3-2-9(19(24)25)6-10(11)12/h2-3,6-7H,4-5,8H2,1H3,(H,17,20)(H,22,23). The Labute approximate surface area is 141 Å². The zero-order valence-corrected chi connectivity index (χ0v) is 13.3. The average molecular weight is 345 g/mol. The van der Waals surface area contributed by atoms with E-state index in [1.165, 1.54) is 23.1 Å². The molecule has 1 unspecified atom stereocenters. The predicted octanol–water partition coefficient (Wildman–Crippen LogP) is 1.37. The number of fused-ring (bicyclic) bond motifs is 1. The third kappa shape index (κ3) is 2.84. The van der Waals surface area contributed by atoms with Gasteiger partial charge in [0.15, 0.2) is 0 Å². The number of benzene rings is 1. The van der Waals surface area contributed by atoms with Gasteiger partial charge in [0.05, 0.1) is 15.9 Å². The van der Waals surface area contributed by atoms with Crippen LogP contribution in [0.15, 0.2) is 29.1 Å². The molecule has 1 aliphatic rings. The van der Waals surface area contributed by atoms with Crippen LogP contribution < -0.4 is 5.56 Å². The lowest BCUT2D eigenvalue weighted by Crippen LogP contribution is -2.35. The molecule has 1 aromatic carbocycles. The zero-order valence-electron chi connectivity index (χ0n) is 13.3. The number of aromatic amines is 1. The molecular weight excluding hydrogens is 330 g/mol. The number of nitrogens with zero attached hydrogens (tertiary/aromatic N) is 2. The SMILES string of the molecule is CC1(C(=O)O)CCN(C(=O)c2cc(=O)[nH]c3ccc([N+](=O)[O-])cc23)C1. The number of pyridine rings is 1. The molecule has 130 valence electrons. The molecule has 1 aliphatic heterocycles. The fraction of sp³-hybridized carbons (Fsp3) is 0.312. The summed E-state index contributed by atoms with van der Waals surface area (Å²) in [6, 6.07) is 4.93. The molecule has 1 atom stereocenters. The number of hydrogen-bond donors (Lipinski definition) is 2. The van der Waals surface area contributed by atoms with Gasteiger partial charge in [0.1, 0.15) is 0 Å². The van der Waals surface area contributed by atoms with Gasteiger partial charge in [-0.05, 0) is 19.4 Å². The van der Waals surface area contributed by atoms with Crippen molar-refractivity contribution in [2.45, 2.75) is 13.3 Å². The molecule has 2 heterocycles. The molecule has 1 fully saturated rings. The Balaban J connectivity index is 2.07. The highest BCUT2D eigenvalue weighted by Gasteiger charge is 2.42. The second-order valence-electron chi connectivity index (χ2n) is 6.38. The van der Waals surface area contributed by atoms with Crippen molar-refractivity contribution in [2.24, 2.45) is 5.41 Å². The number of rotatable bonds is 3. The number of carboxylic acids is 1. The Kier molecular flexibility index (Phi) is 3.78. The van der Waals surface area contributed by atoms with Crippen molar-refractivity contribution in [1.29, 1.82) is 0 Å². The Morgan fingerprint density at radius 2 is 2.08 bits per heavy atom. The van der Waals surface area contributed by atoms with Gasteiger partial charge in [-0.1, -0.05) is 0 Å². The maximum atomic E-state index is 12.8. The van der Waals surface area contributed by atoms with Crippen LogP contribution in [0.2, 0.25) is 0 Å². The normalized spacial score (nSPS) is 20.0. The fourth-order valence-corrected chi connectivity index (χ4v) is 3.01. The summed E-state index contributed by atoms with van der Waals surface area (Å²) in [7, 11) is 0. The molecule has 9 heteroatoms. The first-order chi connectivity index (χ1) is 11.7. The van der Waals surface area contributed by atoms with Gasteiger partial charge in [-0.25, -0.2) is 0 Å². The van der Waals surface area contributed by atoms with Gasteiger partial charge in [0, 0.05) is 42.2 Å². The lowest BCUT2D eigenvalue weighted by molar-refractivity contribution is -0.384. The molecule has 1 saturated heterocycles. The van der Waals surface area contributed by atoms with Crippen molar-refractivity contribution in [3.63, 3.8) is 0 Å². The van der Waals surface area contributed by atoms with Crippen molar-refractivity contribution < 1.29 is 19.6 Å². The summed E-state index contributed by atoms with van der Waals surface area (Å²) in [4.78, 5) is 50.3. The smallest absolute Gasteiger partial charge is 0.311 e. The molecule has 2 N–H and O–H groups in total. The van der Waals surface area contributed by atoms with Crippen LogP contribution in [0.25, 0.3) is 10.9 Å². The molecular formula is C16H15N3O6. The molecule has 3 rings (SSSR count). The number of nitro benzene ring substituents is 1. The molecule has 1 aromatic heterocycles. The third-order valence-corrected chi connectivity index (χ3v) is 4.54. The van der Waals surface area contributed by atoms with E-state index in [0.717, 1.165) is 6.07 Å². The first kappa shape index (κ1) is 16.6. The monoisotopic (exact) mass is 345 g/mol. The third-order valence-electron chi connectivity index (χ3n) is 4.54. The molecule has 0 aliphatic carbocycles. The number of nitrogens with one attached hydrogen (secondary N) is 1.